The van der Waals surface area contributed by atoms with Crippen LogP contribution in [0.5, 0.6) is 0 Å². The first-order valence-corrected chi connectivity index (χ1v) is 7.48. The maximum Gasteiger partial charge on any atom is 0.217 e. The summed E-state index contributed by atoms with van der Waals surface area (Å²) in [5.41, 5.74) is 7.20. The summed E-state index contributed by atoms with van der Waals surface area (Å²) < 4.78 is 0. The molecule has 0 spiro atoms. The summed E-state index contributed by atoms with van der Waals surface area (Å²) in [5.74, 6) is -0.101. The first-order chi connectivity index (χ1) is 6.77. The Hall–Kier alpha value is -0.100. The molecule has 2 fully saturated rings. The Morgan fingerprint density at radius 1 is 1.14 bits per heavy atom. The van der Waals surface area contributed by atoms with E-state index in [9.17, 15) is 4.79 Å². The highest BCUT2D eigenvalue weighted by molar-refractivity contribution is 7.59. The van der Waals surface area contributed by atoms with Crippen molar-refractivity contribution in [3.63, 3.8) is 0 Å². The van der Waals surface area contributed by atoms with E-state index in [-0.39, 0.29) is 13.8 Å². The molecule has 1 amide bonds. The summed E-state index contributed by atoms with van der Waals surface area (Å²) in [6, 6.07) is 0. The number of hydrogen-bond acceptors (Lipinski definition) is 1. The summed E-state index contributed by atoms with van der Waals surface area (Å²) in [6.07, 6.45) is 10.4. The van der Waals surface area contributed by atoms with Crippen molar-refractivity contribution in [2.24, 2.45) is 5.73 Å². The van der Waals surface area contributed by atoms with Gasteiger partial charge in [-0.15, -0.1) is 0 Å². The minimum Gasteiger partial charge on any atom is -0.370 e. The number of amides is 1. The molecule has 2 aliphatic rings. The second-order valence-corrected chi connectivity index (χ2v) is 7.56. The van der Waals surface area contributed by atoms with Crippen LogP contribution in [0.3, 0.4) is 0 Å². The average Bonchev–Trinajstić information content (AvgIpc) is 2.13. The molecule has 0 aromatic carbocycles. The zero-order valence-corrected chi connectivity index (χ0v) is 9.64. The van der Waals surface area contributed by atoms with Crippen LogP contribution in [-0.2, 0) is 4.79 Å². The number of nitrogens with two attached hydrogens (primary N) is 1. The van der Waals surface area contributed by atoms with E-state index in [0.29, 0.717) is 6.42 Å². The van der Waals surface area contributed by atoms with Gasteiger partial charge in [-0.25, -0.2) is 0 Å². The molecule has 80 valence electrons. The molecule has 0 atom stereocenters. The molecule has 0 aliphatic carbocycles. The molecular weight excluding hydrogens is 193 g/mol. The number of hydrogen-bond donors (Lipinski definition) is 1. The van der Waals surface area contributed by atoms with Crippen LogP contribution in [0.1, 0.15) is 44.9 Å². The Kier molecular flexibility index (Phi) is 3.43. The van der Waals surface area contributed by atoms with Crippen LogP contribution in [0.15, 0.2) is 0 Å². The molecule has 2 nitrogen and oxygen atoms in total. The van der Waals surface area contributed by atoms with Crippen molar-refractivity contribution in [3.05, 3.63) is 0 Å². The molecule has 0 aromatic heterocycles. The number of carbonyl (C=O) groups is 1. The van der Waals surface area contributed by atoms with E-state index in [1.807, 2.05) is 0 Å². The van der Waals surface area contributed by atoms with Crippen LogP contribution in [0.4, 0.5) is 0 Å². The van der Waals surface area contributed by atoms with Gasteiger partial charge in [-0.3, -0.25) is 4.79 Å². The fraction of sp³-hybridized carbons (Fsp3) is 0.909. The lowest BCUT2D eigenvalue weighted by Crippen LogP contribution is -2.28. The predicted octanol–water partition coefficient (Wildman–Crippen LogP) is 2.45. The van der Waals surface area contributed by atoms with Gasteiger partial charge in [0.1, 0.15) is 0 Å². The lowest BCUT2D eigenvalue weighted by molar-refractivity contribution is -0.117. The first-order valence-electron chi connectivity index (χ1n) is 5.81. The Morgan fingerprint density at radius 3 is 2.07 bits per heavy atom. The van der Waals surface area contributed by atoms with Crippen LogP contribution in [-0.4, -0.2) is 23.4 Å². The van der Waals surface area contributed by atoms with Gasteiger partial charge in [0.05, 0.1) is 0 Å². The predicted molar refractivity (Wildman–Crippen MR) is 60.9 cm³/mol. The molecule has 0 unspecified atom stereocenters. The van der Waals surface area contributed by atoms with Gasteiger partial charge in [0, 0.05) is 6.42 Å². The Labute approximate surface area is 87.4 Å². The number of rotatable bonds is 3. The van der Waals surface area contributed by atoms with Crippen LogP contribution in [0.25, 0.3) is 0 Å². The van der Waals surface area contributed by atoms with Crippen molar-refractivity contribution in [3.8, 4) is 0 Å². The summed E-state index contributed by atoms with van der Waals surface area (Å²) in [6.45, 7) is 0. The third-order valence-electron chi connectivity index (χ3n) is 3.70. The van der Waals surface area contributed by atoms with E-state index in [1.165, 1.54) is 38.5 Å². The molecule has 0 aromatic rings. The van der Waals surface area contributed by atoms with Crippen molar-refractivity contribution in [1.82, 2.24) is 0 Å². The molecule has 0 radical (unpaired) electrons. The largest absolute Gasteiger partial charge is 0.370 e. The molecule has 2 rings (SSSR count). The Balaban J connectivity index is 1.91. The fourth-order valence-corrected chi connectivity index (χ4v) is 6.89. The summed E-state index contributed by atoms with van der Waals surface area (Å²) in [5, 5.41) is 0. The molecular formula is C11H20NOP. The molecule has 2 bridgehead atoms. The quantitative estimate of drug-likeness (QED) is 0.719. The fourth-order valence-electron chi connectivity index (χ4n) is 3.03. The van der Waals surface area contributed by atoms with Crippen LogP contribution in [0, 0.1) is 0 Å². The maximum atomic E-state index is 10.8. The molecule has 2 aliphatic heterocycles. The second kappa shape index (κ2) is 4.61. The number of primary amides is 1. The van der Waals surface area contributed by atoms with E-state index in [1.54, 1.807) is 0 Å². The minimum atomic E-state index is -0.101. The van der Waals surface area contributed by atoms with Gasteiger partial charge in [0.15, 0.2) is 0 Å². The minimum absolute atomic E-state index is 0.101. The van der Waals surface area contributed by atoms with E-state index in [0.717, 1.165) is 17.5 Å². The van der Waals surface area contributed by atoms with E-state index in [2.05, 4.69) is 0 Å². The van der Waals surface area contributed by atoms with E-state index in [4.69, 9.17) is 5.73 Å². The molecule has 2 heterocycles. The Morgan fingerprint density at radius 2 is 1.64 bits per heavy atom. The van der Waals surface area contributed by atoms with Crippen LogP contribution < -0.4 is 5.73 Å². The van der Waals surface area contributed by atoms with E-state index >= 15 is 0 Å². The van der Waals surface area contributed by atoms with Gasteiger partial charge in [-0.05, 0) is 43.2 Å². The summed E-state index contributed by atoms with van der Waals surface area (Å²) >= 11 is 0. The van der Waals surface area contributed by atoms with Crippen LogP contribution in [0.2, 0.25) is 0 Å². The van der Waals surface area contributed by atoms with Gasteiger partial charge in [-0.1, -0.05) is 20.8 Å². The van der Waals surface area contributed by atoms with Crippen molar-refractivity contribution < 1.29 is 4.79 Å². The zero-order chi connectivity index (χ0) is 9.97. The highest BCUT2D eigenvalue weighted by atomic mass is 31.1. The normalized spacial score (nSPS) is 36.7. The zero-order valence-electron chi connectivity index (χ0n) is 8.74. The monoisotopic (exact) mass is 213 g/mol. The van der Waals surface area contributed by atoms with Gasteiger partial charge in [0.25, 0.3) is 0 Å². The van der Waals surface area contributed by atoms with Crippen molar-refractivity contribution >= 4 is 13.8 Å². The second-order valence-electron chi connectivity index (χ2n) is 4.62. The Bertz CT molecular complexity index is 197. The molecule has 14 heavy (non-hydrogen) atoms. The lowest BCUT2D eigenvalue weighted by atomic mass is 9.99. The third kappa shape index (κ3) is 2.28. The van der Waals surface area contributed by atoms with Gasteiger partial charge < -0.3 is 5.73 Å². The highest BCUT2D eigenvalue weighted by Gasteiger charge is 2.35. The topological polar surface area (TPSA) is 43.1 Å². The van der Waals surface area contributed by atoms with Crippen molar-refractivity contribution in [1.29, 1.82) is 0 Å². The first kappa shape index (κ1) is 10.4. The van der Waals surface area contributed by atoms with Crippen LogP contribution >= 0.6 is 7.92 Å². The molecule has 2 N–H and O–H groups in total. The highest BCUT2D eigenvalue weighted by Crippen LogP contribution is 2.59. The summed E-state index contributed by atoms with van der Waals surface area (Å²) in [7, 11) is 0.157. The smallest absolute Gasteiger partial charge is 0.217 e. The molecule has 3 heteroatoms. The van der Waals surface area contributed by atoms with Gasteiger partial charge >= 0.3 is 0 Å². The van der Waals surface area contributed by atoms with Gasteiger partial charge in [0.2, 0.25) is 5.91 Å². The van der Waals surface area contributed by atoms with E-state index < -0.39 is 0 Å². The summed E-state index contributed by atoms with van der Waals surface area (Å²) in [4.78, 5) is 10.8. The third-order valence-corrected chi connectivity index (χ3v) is 7.35. The molecule has 0 saturated carbocycles. The maximum absolute atomic E-state index is 10.8. The number of carbonyl (C=O) groups excluding carboxylic acids is 1. The SMILES string of the molecule is NC(=O)CCP1C2CCCC1CCC2. The standard InChI is InChI=1S/C11H20NOP/c12-11(13)7-8-14-9-3-1-4-10(14)6-2-5-9/h9-10H,1-8H2,(H2,12,13). The average molecular weight is 213 g/mol. The number of fused-ring (bicyclic) bond motifs is 2. The van der Waals surface area contributed by atoms with Gasteiger partial charge in [-0.2, -0.15) is 0 Å². The van der Waals surface area contributed by atoms with Crippen molar-refractivity contribution in [2.75, 3.05) is 6.16 Å². The lowest BCUT2D eigenvalue weighted by Gasteiger charge is -2.43. The molecule has 2 saturated heterocycles. The van der Waals surface area contributed by atoms with Crippen molar-refractivity contribution in [2.45, 2.75) is 56.3 Å².